The van der Waals surface area contributed by atoms with Gasteiger partial charge < -0.3 is 0 Å². The molecule has 2 aromatic carbocycles. The Bertz CT molecular complexity index is 927. The molecule has 0 aliphatic rings. The number of hydrogen-bond donors (Lipinski definition) is 1. The number of hydrogen-bond acceptors (Lipinski definition) is 4. The lowest BCUT2D eigenvalue weighted by molar-refractivity contribution is 0.598. The third-order valence-electron chi connectivity index (χ3n) is 3.11. The Morgan fingerprint density at radius 2 is 1.52 bits per heavy atom. The van der Waals surface area contributed by atoms with E-state index in [-0.39, 0.29) is 21.3 Å². The maximum atomic E-state index is 12.5. The molecule has 0 saturated heterocycles. The van der Waals surface area contributed by atoms with Gasteiger partial charge in [0.1, 0.15) is 4.90 Å². The van der Waals surface area contributed by atoms with Crippen molar-refractivity contribution in [1.29, 1.82) is 0 Å². The van der Waals surface area contributed by atoms with Gasteiger partial charge in [0.2, 0.25) is 10.0 Å². The van der Waals surface area contributed by atoms with Gasteiger partial charge in [-0.05, 0) is 24.3 Å². The third kappa shape index (κ3) is 3.95. The molecule has 6 nitrogen and oxygen atoms in total. The Balaban J connectivity index is 2.48. The van der Waals surface area contributed by atoms with Crippen LogP contribution in [0, 0.1) is 0 Å². The van der Waals surface area contributed by atoms with Gasteiger partial charge >= 0.3 is 0 Å². The lowest BCUT2D eigenvalue weighted by Gasteiger charge is -2.21. The zero-order valence-electron chi connectivity index (χ0n) is 12.4. The molecule has 0 saturated carbocycles. The molecule has 1 N–H and O–H groups in total. The number of sulfonamides is 2. The Kier molecular flexibility index (Phi) is 4.88. The summed E-state index contributed by atoms with van der Waals surface area (Å²) in [6.45, 7) is 0. The van der Waals surface area contributed by atoms with Gasteiger partial charge in [0, 0.05) is 7.05 Å². The molecule has 2 rings (SSSR count). The minimum absolute atomic E-state index is 0.0777. The van der Waals surface area contributed by atoms with E-state index in [1.54, 1.807) is 24.3 Å². The molecule has 0 aliphatic heterocycles. The number of benzene rings is 2. The second-order valence-electron chi connectivity index (χ2n) is 4.78. The van der Waals surface area contributed by atoms with Crippen molar-refractivity contribution in [3.8, 4) is 0 Å². The molecule has 0 aliphatic carbocycles. The van der Waals surface area contributed by atoms with Crippen molar-refractivity contribution in [1.82, 2.24) is 0 Å². The van der Waals surface area contributed by atoms with E-state index in [0.717, 1.165) is 10.6 Å². The molecule has 23 heavy (non-hydrogen) atoms. The Hall–Kier alpha value is -1.77. The molecular weight excluding hydrogens is 360 g/mol. The van der Waals surface area contributed by atoms with Crippen LogP contribution in [0.5, 0.6) is 0 Å². The van der Waals surface area contributed by atoms with Crippen LogP contribution in [0.4, 0.5) is 11.4 Å². The van der Waals surface area contributed by atoms with Gasteiger partial charge in [0.25, 0.3) is 10.0 Å². The summed E-state index contributed by atoms with van der Waals surface area (Å²) in [6, 6.07) is 12.2. The Labute approximate surface area is 140 Å². The van der Waals surface area contributed by atoms with E-state index in [4.69, 9.17) is 11.6 Å². The zero-order chi connectivity index (χ0) is 17.3. The fraction of sp³-hybridized carbons (Fsp3) is 0.143. The summed E-state index contributed by atoms with van der Waals surface area (Å²) in [7, 11) is -6.14. The smallest absolute Gasteiger partial charge is 0.263 e. The van der Waals surface area contributed by atoms with Crippen LogP contribution in [0.15, 0.2) is 53.4 Å². The summed E-state index contributed by atoms with van der Waals surface area (Å²) in [5.74, 6) is 0. The quantitative estimate of drug-likeness (QED) is 0.871. The van der Waals surface area contributed by atoms with Crippen LogP contribution in [0.1, 0.15) is 0 Å². The predicted octanol–water partition coefficient (Wildman–Crippen LogP) is 2.54. The summed E-state index contributed by atoms with van der Waals surface area (Å²) in [6.07, 6.45) is 1.03. The van der Waals surface area contributed by atoms with E-state index in [0.29, 0.717) is 0 Å². The van der Waals surface area contributed by atoms with Gasteiger partial charge in [-0.1, -0.05) is 35.9 Å². The van der Waals surface area contributed by atoms with Crippen LogP contribution in [0.2, 0.25) is 5.02 Å². The molecule has 0 heterocycles. The molecule has 0 unspecified atom stereocenters. The van der Waals surface area contributed by atoms with Gasteiger partial charge in [-0.15, -0.1) is 0 Å². The molecule has 9 heteroatoms. The molecule has 0 bridgehead atoms. The summed E-state index contributed by atoms with van der Waals surface area (Å²) < 4.78 is 51.7. The molecule has 0 amide bonds. The van der Waals surface area contributed by atoms with E-state index in [9.17, 15) is 16.8 Å². The third-order valence-corrected chi connectivity index (χ3v) is 6.17. The second kappa shape index (κ2) is 6.38. The fourth-order valence-electron chi connectivity index (χ4n) is 1.88. The van der Waals surface area contributed by atoms with Crippen molar-refractivity contribution in [3.05, 3.63) is 53.6 Å². The van der Waals surface area contributed by atoms with Crippen LogP contribution in [0.3, 0.4) is 0 Å². The van der Waals surface area contributed by atoms with Crippen LogP contribution in [-0.4, -0.2) is 30.1 Å². The molecule has 0 fully saturated rings. The lowest BCUT2D eigenvalue weighted by atomic mass is 10.3. The van der Waals surface area contributed by atoms with Crippen LogP contribution >= 0.6 is 11.6 Å². The van der Waals surface area contributed by atoms with Crippen LogP contribution < -0.4 is 9.03 Å². The molecular formula is C14H15ClN2O4S2. The highest BCUT2D eigenvalue weighted by Crippen LogP contribution is 2.30. The first-order valence-corrected chi connectivity index (χ1v) is 10.1. The van der Waals surface area contributed by atoms with Gasteiger partial charge in [0.15, 0.2) is 0 Å². The first-order chi connectivity index (χ1) is 10.6. The van der Waals surface area contributed by atoms with Gasteiger partial charge in [0.05, 0.1) is 22.7 Å². The monoisotopic (exact) mass is 374 g/mol. The van der Waals surface area contributed by atoms with Crippen molar-refractivity contribution >= 4 is 43.0 Å². The molecule has 124 valence electrons. The summed E-state index contributed by atoms with van der Waals surface area (Å²) in [4.78, 5) is -0.0847. The first kappa shape index (κ1) is 17.6. The minimum atomic E-state index is -3.95. The fourth-order valence-corrected chi connectivity index (χ4v) is 3.99. The van der Waals surface area contributed by atoms with Crippen molar-refractivity contribution in [2.45, 2.75) is 4.90 Å². The van der Waals surface area contributed by atoms with Crippen molar-refractivity contribution in [2.75, 3.05) is 22.3 Å². The normalized spacial score (nSPS) is 12.0. The number of nitrogens with one attached hydrogen (secondary N) is 1. The van der Waals surface area contributed by atoms with Crippen molar-refractivity contribution in [3.63, 3.8) is 0 Å². The van der Waals surface area contributed by atoms with E-state index >= 15 is 0 Å². The molecule has 2 aromatic rings. The van der Waals surface area contributed by atoms with Gasteiger partial charge in [-0.2, -0.15) is 0 Å². The van der Waals surface area contributed by atoms with Gasteiger partial charge in [-0.25, -0.2) is 16.8 Å². The highest BCUT2D eigenvalue weighted by atomic mass is 35.5. The maximum absolute atomic E-state index is 12.5. The topological polar surface area (TPSA) is 83.6 Å². The van der Waals surface area contributed by atoms with E-state index in [1.165, 1.54) is 31.3 Å². The number of rotatable bonds is 5. The van der Waals surface area contributed by atoms with Crippen LogP contribution in [0.25, 0.3) is 0 Å². The minimum Gasteiger partial charge on any atom is -0.277 e. The number of para-hydroxylation sites is 2. The Morgan fingerprint density at radius 1 is 0.957 bits per heavy atom. The number of halogens is 1. The molecule has 0 spiro atoms. The van der Waals surface area contributed by atoms with Crippen molar-refractivity contribution in [2.24, 2.45) is 0 Å². The van der Waals surface area contributed by atoms with Gasteiger partial charge in [-0.3, -0.25) is 9.03 Å². The average Bonchev–Trinajstić information content (AvgIpc) is 2.46. The molecule has 0 atom stereocenters. The number of anilines is 2. The molecule has 0 radical (unpaired) electrons. The predicted molar refractivity (Wildman–Crippen MR) is 91.9 cm³/mol. The van der Waals surface area contributed by atoms with Crippen LogP contribution in [-0.2, 0) is 20.0 Å². The summed E-state index contributed by atoms with van der Waals surface area (Å²) in [5, 5.41) is 0.0777. The van der Waals surface area contributed by atoms with E-state index in [2.05, 4.69) is 4.72 Å². The SMILES string of the molecule is CN(c1ccccc1NS(=O)(=O)c1ccccc1Cl)S(C)(=O)=O. The second-order valence-corrected chi connectivity index (χ2v) is 8.86. The Morgan fingerprint density at radius 3 is 2.13 bits per heavy atom. The highest BCUT2D eigenvalue weighted by Gasteiger charge is 2.21. The van der Waals surface area contributed by atoms with E-state index < -0.39 is 20.0 Å². The van der Waals surface area contributed by atoms with Crippen molar-refractivity contribution < 1.29 is 16.8 Å². The summed E-state index contributed by atoms with van der Waals surface area (Å²) >= 11 is 5.92. The standard InChI is InChI=1S/C14H15ClN2O4S2/c1-17(22(2,18)19)13-9-5-4-8-12(13)16-23(20,21)14-10-6-3-7-11(14)15/h3-10,16H,1-2H3. The summed E-state index contributed by atoms with van der Waals surface area (Å²) in [5.41, 5.74) is 0.353. The average molecular weight is 375 g/mol. The lowest BCUT2D eigenvalue weighted by Crippen LogP contribution is -2.26. The maximum Gasteiger partial charge on any atom is 0.263 e. The highest BCUT2D eigenvalue weighted by molar-refractivity contribution is 7.93. The largest absolute Gasteiger partial charge is 0.277 e. The first-order valence-electron chi connectivity index (χ1n) is 6.43. The zero-order valence-corrected chi connectivity index (χ0v) is 14.8. The van der Waals surface area contributed by atoms with E-state index in [1.807, 2.05) is 0 Å². The number of nitrogens with zero attached hydrogens (tertiary/aromatic N) is 1. The molecule has 0 aromatic heterocycles.